The Labute approximate surface area is 109 Å². The van der Waals surface area contributed by atoms with E-state index in [0.29, 0.717) is 16.3 Å². The van der Waals surface area contributed by atoms with Crippen LogP contribution in [0.3, 0.4) is 0 Å². The number of rotatable bonds is 1. The van der Waals surface area contributed by atoms with Crippen molar-refractivity contribution in [1.82, 2.24) is 9.78 Å². The number of Topliss-reactive ketones (excluding diaryl/α,β-unsaturated/α-hetero) is 1. The molecule has 1 aromatic carbocycles. The van der Waals surface area contributed by atoms with Gasteiger partial charge in [0.2, 0.25) is 0 Å². The van der Waals surface area contributed by atoms with Crippen molar-refractivity contribution in [3.8, 4) is 5.75 Å². The van der Waals surface area contributed by atoms with Crippen molar-refractivity contribution in [3.05, 3.63) is 47.2 Å². The molecule has 2 heterocycles. The largest absolute Gasteiger partial charge is 0.487 e. The number of nitrogens with zero attached hydrogens (tertiary/aromatic N) is 2. The maximum absolute atomic E-state index is 12.5. The van der Waals surface area contributed by atoms with E-state index in [2.05, 4.69) is 5.10 Å². The zero-order valence-electron chi connectivity index (χ0n) is 9.71. The molecule has 0 bridgehead atoms. The fraction of sp³-hybridized carbons (Fsp3) is 0.231. The molecule has 0 fully saturated rings. The molecule has 0 saturated heterocycles. The average molecular weight is 263 g/mol. The van der Waals surface area contributed by atoms with Gasteiger partial charge in [-0.05, 0) is 31.2 Å². The van der Waals surface area contributed by atoms with Gasteiger partial charge in [0.05, 0.1) is 5.56 Å². The Balaban J connectivity index is 2.08. The van der Waals surface area contributed by atoms with Crippen molar-refractivity contribution in [2.24, 2.45) is 0 Å². The highest BCUT2D eigenvalue weighted by atomic mass is 35.5. The van der Waals surface area contributed by atoms with Gasteiger partial charge in [-0.3, -0.25) is 9.48 Å². The summed E-state index contributed by atoms with van der Waals surface area (Å²) in [6.45, 7) is 1.86. The Morgan fingerprint density at radius 1 is 1.44 bits per heavy atom. The third-order valence-corrected chi connectivity index (χ3v) is 3.28. The van der Waals surface area contributed by atoms with E-state index < -0.39 is 6.04 Å². The minimum atomic E-state index is -0.439. The maximum atomic E-state index is 12.5. The first-order chi connectivity index (χ1) is 8.66. The molecule has 2 aromatic rings. The SMILES string of the molecule is C[C@H]1Oc2ccc(Cl)cc2C(=O)[C@@H]1n1cccn1. The third-order valence-electron chi connectivity index (χ3n) is 3.04. The van der Waals surface area contributed by atoms with Gasteiger partial charge < -0.3 is 4.74 Å². The van der Waals surface area contributed by atoms with Gasteiger partial charge >= 0.3 is 0 Å². The summed E-state index contributed by atoms with van der Waals surface area (Å²) in [5.41, 5.74) is 0.515. The van der Waals surface area contributed by atoms with Crippen LogP contribution in [0, 0.1) is 0 Å². The predicted octanol–water partition coefficient (Wildman–Crippen LogP) is 2.74. The summed E-state index contributed by atoms with van der Waals surface area (Å²) in [6.07, 6.45) is 3.15. The first kappa shape index (κ1) is 11.3. The molecule has 1 aliphatic heterocycles. The highest BCUT2D eigenvalue weighted by Gasteiger charge is 2.36. The maximum Gasteiger partial charge on any atom is 0.194 e. The zero-order valence-corrected chi connectivity index (χ0v) is 10.5. The second kappa shape index (κ2) is 4.14. The summed E-state index contributed by atoms with van der Waals surface area (Å²) in [7, 11) is 0. The van der Waals surface area contributed by atoms with Crippen LogP contribution in [0.5, 0.6) is 5.75 Å². The lowest BCUT2D eigenvalue weighted by Gasteiger charge is -2.30. The lowest BCUT2D eigenvalue weighted by atomic mass is 9.96. The van der Waals surface area contributed by atoms with Gasteiger partial charge in [-0.25, -0.2) is 0 Å². The van der Waals surface area contributed by atoms with E-state index >= 15 is 0 Å². The minimum Gasteiger partial charge on any atom is -0.487 e. The summed E-state index contributed by atoms with van der Waals surface area (Å²) in [5.74, 6) is 0.565. The van der Waals surface area contributed by atoms with Crippen molar-refractivity contribution in [2.75, 3.05) is 0 Å². The number of ether oxygens (including phenoxy) is 1. The highest BCUT2D eigenvalue weighted by molar-refractivity contribution is 6.31. The molecule has 1 aromatic heterocycles. The molecule has 0 unspecified atom stereocenters. The molecule has 2 atom stereocenters. The Morgan fingerprint density at radius 2 is 2.28 bits per heavy atom. The number of hydrogen-bond acceptors (Lipinski definition) is 3. The van der Waals surface area contributed by atoms with Crippen LogP contribution in [0.4, 0.5) is 0 Å². The number of carbonyl (C=O) groups excluding carboxylic acids is 1. The van der Waals surface area contributed by atoms with Crippen molar-refractivity contribution in [2.45, 2.75) is 19.1 Å². The standard InChI is InChI=1S/C13H11ClN2O2/c1-8-12(16-6-2-5-15-16)13(17)10-7-9(14)3-4-11(10)18-8/h2-8,12H,1H3/t8-,12-/m1/s1. The molecular formula is C13H11ClN2O2. The number of halogens is 1. The lowest BCUT2D eigenvalue weighted by Crippen LogP contribution is -2.37. The Hall–Kier alpha value is -1.81. The van der Waals surface area contributed by atoms with Crippen LogP contribution in [-0.2, 0) is 0 Å². The first-order valence-electron chi connectivity index (χ1n) is 5.66. The molecule has 0 aliphatic carbocycles. The van der Waals surface area contributed by atoms with Crippen LogP contribution < -0.4 is 4.74 Å². The molecule has 4 nitrogen and oxygen atoms in total. The van der Waals surface area contributed by atoms with Crippen LogP contribution in [-0.4, -0.2) is 21.7 Å². The summed E-state index contributed by atoms with van der Waals surface area (Å²) >= 11 is 5.92. The molecule has 0 radical (unpaired) electrons. The van der Waals surface area contributed by atoms with E-state index in [1.54, 1.807) is 41.3 Å². The first-order valence-corrected chi connectivity index (χ1v) is 6.04. The van der Waals surface area contributed by atoms with Crippen LogP contribution in [0.1, 0.15) is 23.3 Å². The van der Waals surface area contributed by atoms with E-state index in [4.69, 9.17) is 16.3 Å². The van der Waals surface area contributed by atoms with E-state index in [1.165, 1.54) is 0 Å². The van der Waals surface area contributed by atoms with Gasteiger partial charge in [-0.2, -0.15) is 5.10 Å². The molecule has 3 rings (SSSR count). The summed E-state index contributed by atoms with van der Waals surface area (Å²) in [6, 6.07) is 6.43. The van der Waals surface area contributed by atoms with Gasteiger partial charge in [0, 0.05) is 17.4 Å². The second-order valence-electron chi connectivity index (χ2n) is 4.26. The number of hydrogen-bond donors (Lipinski definition) is 0. The Bertz CT molecular complexity index is 595. The van der Waals surface area contributed by atoms with E-state index in [1.807, 2.05) is 6.92 Å². The van der Waals surface area contributed by atoms with Crippen molar-refractivity contribution < 1.29 is 9.53 Å². The van der Waals surface area contributed by atoms with Crippen LogP contribution >= 0.6 is 11.6 Å². The highest BCUT2D eigenvalue weighted by Crippen LogP contribution is 2.34. The van der Waals surface area contributed by atoms with Gasteiger partial charge in [-0.1, -0.05) is 11.6 Å². The van der Waals surface area contributed by atoms with E-state index in [-0.39, 0.29) is 11.9 Å². The number of ketones is 1. The minimum absolute atomic E-state index is 0.0186. The molecule has 5 heteroatoms. The van der Waals surface area contributed by atoms with Gasteiger partial charge in [0.1, 0.15) is 11.9 Å². The molecule has 0 amide bonds. The molecule has 0 N–H and O–H groups in total. The summed E-state index contributed by atoms with van der Waals surface area (Å²) in [5, 5.41) is 4.65. The van der Waals surface area contributed by atoms with E-state index in [0.717, 1.165) is 0 Å². The van der Waals surface area contributed by atoms with Crippen molar-refractivity contribution in [1.29, 1.82) is 0 Å². The fourth-order valence-electron chi connectivity index (χ4n) is 2.22. The predicted molar refractivity (Wildman–Crippen MR) is 67.1 cm³/mol. The number of fused-ring (bicyclic) bond motifs is 1. The number of aromatic nitrogens is 2. The third kappa shape index (κ3) is 1.69. The molecule has 0 saturated carbocycles. The summed E-state index contributed by atoms with van der Waals surface area (Å²) < 4.78 is 7.38. The van der Waals surface area contributed by atoms with Crippen LogP contribution in [0.2, 0.25) is 5.02 Å². The Morgan fingerprint density at radius 3 is 3.00 bits per heavy atom. The average Bonchev–Trinajstić information content (AvgIpc) is 2.84. The molecule has 92 valence electrons. The fourth-order valence-corrected chi connectivity index (χ4v) is 2.39. The van der Waals surface area contributed by atoms with Gasteiger partial charge in [0.15, 0.2) is 11.8 Å². The quantitative estimate of drug-likeness (QED) is 0.794. The molecule has 1 aliphatic rings. The molecule has 0 spiro atoms. The second-order valence-corrected chi connectivity index (χ2v) is 4.70. The monoisotopic (exact) mass is 262 g/mol. The molecule has 18 heavy (non-hydrogen) atoms. The van der Waals surface area contributed by atoms with Gasteiger partial charge in [-0.15, -0.1) is 0 Å². The zero-order chi connectivity index (χ0) is 12.7. The van der Waals surface area contributed by atoms with Crippen molar-refractivity contribution >= 4 is 17.4 Å². The number of carbonyl (C=O) groups is 1. The van der Waals surface area contributed by atoms with Crippen LogP contribution in [0.15, 0.2) is 36.7 Å². The van der Waals surface area contributed by atoms with Gasteiger partial charge in [0.25, 0.3) is 0 Å². The Kier molecular flexibility index (Phi) is 2.59. The summed E-state index contributed by atoms with van der Waals surface area (Å²) in [4.78, 5) is 12.5. The van der Waals surface area contributed by atoms with E-state index in [9.17, 15) is 4.79 Å². The van der Waals surface area contributed by atoms with Crippen molar-refractivity contribution in [3.63, 3.8) is 0 Å². The molecular weight excluding hydrogens is 252 g/mol. The van der Waals surface area contributed by atoms with Crippen LogP contribution in [0.25, 0.3) is 0 Å². The topological polar surface area (TPSA) is 44.1 Å². The smallest absolute Gasteiger partial charge is 0.194 e. The lowest BCUT2D eigenvalue weighted by molar-refractivity contribution is 0.0697. The number of benzene rings is 1. The normalized spacial score (nSPS) is 22.4.